The summed E-state index contributed by atoms with van der Waals surface area (Å²) in [7, 11) is 0. The van der Waals surface area contributed by atoms with E-state index >= 15 is 0 Å². The fourth-order valence-electron chi connectivity index (χ4n) is 2.61. The van der Waals surface area contributed by atoms with Crippen molar-refractivity contribution in [3.8, 4) is 0 Å². The highest BCUT2D eigenvalue weighted by molar-refractivity contribution is 5.83. The van der Waals surface area contributed by atoms with Gasteiger partial charge in [-0.15, -0.1) is 0 Å². The number of hydrogen-bond acceptors (Lipinski definition) is 4. The Morgan fingerprint density at radius 2 is 2.18 bits per heavy atom. The maximum atomic E-state index is 12.0. The van der Waals surface area contributed by atoms with Gasteiger partial charge in [-0.1, -0.05) is 6.42 Å². The van der Waals surface area contributed by atoms with E-state index in [1.165, 1.54) is 0 Å². The molecule has 0 aliphatic heterocycles. The first-order valence-corrected chi connectivity index (χ1v) is 6.17. The molecule has 0 N–H and O–H groups in total. The molecule has 1 aliphatic rings. The maximum Gasteiger partial charge on any atom is 0.312 e. The highest BCUT2D eigenvalue weighted by Crippen LogP contribution is 2.43. The first kappa shape index (κ1) is 13.9. The van der Waals surface area contributed by atoms with E-state index in [0.717, 1.165) is 19.1 Å². The number of carbonyl (C=O) groups is 3. The van der Waals surface area contributed by atoms with Crippen LogP contribution in [-0.2, 0) is 19.1 Å². The van der Waals surface area contributed by atoms with Crippen LogP contribution in [0.25, 0.3) is 0 Å². The lowest BCUT2D eigenvalue weighted by molar-refractivity contribution is -0.160. The maximum absolute atomic E-state index is 12.0. The van der Waals surface area contributed by atoms with Crippen LogP contribution in [-0.4, -0.2) is 24.6 Å². The van der Waals surface area contributed by atoms with Crippen LogP contribution in [0.3, 0.4) is 0 Å². The van der Waals surface area contributed by atoms with Crippen LogP contribution in [0.5, 0.6) is 0 Å². The smallest absolute Gasteiger partial charge is 0.312 e. The molecule has 1 saturated carbocycles. The van der Waals surface area contributed by atoms with Gasteiger partial charge in [-0.3, -0.25) is 9.59 Å². The van der Waals surface area contributed by atoms with Crippen LogP contribution < -0.4 is 0 Å². The lowest BCUT2D eigenvalue weighted by Crippen LogP contribution is -2.39. The third kappa shape index (κ3) is 3.14. The van der Waals surface area contributed by atoms with Gasteiger partial charge >= 0.3 is 5.97 Å². The number of esters is 1. The molecule has 4 nitrogen and oxygen atoms in total. The summed E-state index contributed by atoms with van der Waals surface area (Å²) in [6.45, 7) is 3.61. The van der Waals surface area contributed by atoms with Gasteiger partial charge in [0.1, 0.15) is 12.1 Å². The molecule has 0 aromatic carbocycles. The molecule has 0 aromatic rings. The van der Waals surface area contributed by atoms with Gasteiger partial charge in [-0.05, 0) is 33.1 Å². The standard InChI is InChI=1S/C13H20O4/c1-3-17-12(16)13(7-8-14)6-4-5-11(9-13)10(2)15/h8,11H,3-7,9H2,1-2H3/t11-,13+/m1/s1. The molecule has 2 atom stereocenters. The Morgan fingerprint density at radius 3 is 2.71 bits per heavy atom. The molecule has 0 heterocycles. The average Bonchev–Trinajstić information content (AvgIpc) is 2.30. The number of hydrogen-bond donors (Lipinski definition) is 0. The molecule has 17 heavy (non-hydrogen) atoms. The largest absolute Gasteiger partial charge is 0.466 e. The minimum Gasteiger partial charge on any atom is -0.466 e. The van der Waals surface area contributed by atoms with Crippen LogP contribution in [0.1, 0.15) is 46.0 Å². The Labute approximate surface area is 102 Å². The second-order valence-electron chi connectivity index (χ2n) is 4.78. The normalized spacial score (nSPS) is 28.5. The predicted molar refractivity (Wildman–Crippen MR) is 62.4 cm³/mol. The van der Waals surface area contributed by atoms with Crippen LogP contribution in [0.2, 0.25) is 0 Å². The van der Waals surface area contributed by atoms with Crippen molar-refractivity contribution in [2.24, 2.45) is 11.3 Å². The summed E-state index contributed by atoms with van der Waals surface area (Å²) in [6.07, 6.45) is 3.65. The number of ether oxygens (including phenoxy) is 1. The van der Waals surface area contributed by atoms with Gasteiger partial charge in [0.2, 0.25) is 0 Å². The molecule has 0 aromatic heterocycles. The van der Waals surface area contributed by atoms with Gasteiger partial charge in [0.05, 0.1) is 12.0 Å². The number of carbonyl (C=O) groups excluding carboxylic acids is 3. The Kier molecular flexibility index (Phi) is 4.85. The Bertz CT molecular complexity index is 311. The van der Waals surface area contributed by atoms with Gasteiger partial charge < -0.3 is 9.53 Å². The zero-order valence-electron chi connectivity index (χ0n) is 10.5. The number of Topliss-reactive ketones (excluding diaryl/α,β-unsaturated/α-hetero) is 1. The minimum absolute atomic E-state index is 0.101. The lowest BCUT2D eigenvalue weighted by atomic mass is 9.67. The third-order valence-electron chi connectivity index (χ3n) is 3.60. The molecule has 0 unspecified atom stereocenters. The molecule has 0 saturated heterocycles. The summed E-state index contributed by atoms with van der Waals surface area (Å²) in [4.78, 5) is 34.2. The van der Waals surface area contributed by atoms with Crippen molar-refractivity contribution >= 4 is 18.0 Å². The summed E-state index contributed by atoms with van der Waals surface area (Å²) >= 11 is 0. The monoisotopic (exact) mass is 240 g/mol. The van der Waals surface area contributed by atoms with Gasteiger partial charge in [0.15, 0.2) is 0 Å². The SMILES string of the molecule is CCOC(=O)[C@]1(CC=O)CCC[C@@H](C(C)=O)C1. The highest BCUT2D eigenvalue weighted by Gasteiger charge is 2.44. The molecule has 0 amide bonds. The van der Waals surface area contributed by atoms with Crippen molar-refractivity contribution in [3.05, 3.63) is 0 Å². The van der Waals surface area contributed by atoms with E-state index in [4.69, 9.17) is 4.74 Å². The molecule has 1 fully saturated rings. The fourth-order valence-corrected chi connectivity index (χ4v) is 2.61. The third-order valence-corrected chi connectivity index (χ3v) is 3.60. The van der Waals surface area contributed by atoms with Crippen LogP contribution >= 0.6 is 0 Å². The van der Waals surface area contributed by atoms with Crippen molar-refractivity contribution in [1.82, 2.24) is 0 Å². The quantitative estimate of drug-likeness (QED) is 0.544. The fraction of sp³-hybridized carbons (Fsp3) is 0.769. The predicted octanol–water partition coefficient (Wildman–Crippen LogP) is 1.90. The summed E-state index contributed by atoms with van der Waals surface area (Å²) in [5.74, 6) is -0.324. The summed E-state index contributed by atoms with van der Waals surface area (Å²) < 4.78 is 5.06. The number of rotatable bonds is 5. The van der Waals surface area contributed by atoms with E-state index in [9.17, 15) is 14.4 Å². The van der Waals surface area contributed by atoms with E-state index in [0.29, 0.717) is 19.4 Å². The second kappa shape index (κ2) is 5.94. The molecule has 0 bridgehead atoms. The average molecular weight is 240 g/mol. The molecular weight excluding hydrogens is 220 g/mol. The van der Waals surface area contributed by atoms with Crippen LogP contribution in [0.4, 0.5) is 0 Å². The molecule has 1 rings (SSSR count). The van der Waals surface area contributed by atoms with Crippen molar-refractivity contribution in [2.75, 3.05) is 6.61 Å². The Morgan fingerprint density at radius 1 is 1.47 bits per heavy atom. The molecular formula is C13H20O4. The van der Waals surface area contributed by atoms with Crippen molar-refractivity contribution in [3.63, 3.8) is 0 Å². The molecule has 0 spiro atoms. The van der Waals surface area contributed by atoms with Crippen molar-refractivity contribution in [1.29, 1.82) is 0 Å². The Balaban J connectivity index is 2.86. The summed E-state index contributed by atoms with van der Waals surface area (Å²) in [6, 6.07) is 0. The highest BCUT2D eigenvalue weighted by atomic mass is 16.5. The minimum atomic E-state index is -0.758. The van der Waals surface area contributed by atoms with Crippen LogP contribution in [0, 0.1) is 11.3 Å². The first-order valence-electron chi connectivity index (χ1n) is 6.17. The lowest BCUT2D eigenvalue weighted by Gasteiger charge is -2.36. The topological polar surface area (TPSA) is 60.4 Å². The molecule has 4 heteroatoms. The summed E-state index contributed by atoms with van der Waals surface area (Å²) in [5, 5.41) is 0. The second-order valence-corrected chi connectivity index (χ2v) is 4.78. The van der Waals surface area contributed by atoms with E-state index in [-0.39, 0.29) is 24.1 Å². The Hall–Kier alpha value is -1.19. The van der Waals surface area contributed by atoms with Gasteiger partial charge in [0.25, 0.3) is 0 Å². The van der Waals surface area contributed by atoms with Crippen molar-refractivity contribution in [2.45, 2.75) is 46.0 Å². The summed E-state index contributed by atoms with van der Waals surface area (Å²) in [5.41, 5.74) is -0.758. The molecule has 96 valence electrons. The zero-order chi connectivity index (χ0) is 12.9. The molecule has 1 aliphatic carbocycles. The number of aldehydes is 1. The van der Waals surface area contributed by atoms with Gasteiger partial charge in [-0.25, -0.2) is 0 Å². The zero-order valence-corrected chi connectivity index (χ0v) is 10.5. The van der Waals surface area contributed by atoms with E-state index in [1.54, 1.807) is 13.8 Å². The van der Waals surface area contributed by atoms with E-state index in [1.807, 2.05) is 0 Å². The first-order chi connectivity index (χ1) is 8.05. The van der Waals surface area contributed by atoms with E-state index < -0.39 is 5.41 Å². The van der Waals surface area contributed by atoms with Crippen molar-refractivity contribution < 1.29 is 19.1 Å². The van der Waals surface area contributed by atoms with Gasteiger partial charge in [-0.2, -0.15) is 0 Å². The molecule has 0 radical (unpaired) electrons. The van der Waals surface area contributed by atoms with Gasteiger partial charge in [0, 0.05) is 12.3 Å². The van der Waals surface area contributed by atoms with Crippen LogP contribution in [0.15, 0.2) is 0 Å². The number of ketones is 1. The van der Waals surface area contributed by atoms with E-state index in [2.05, 4.69) is 0 Å².